The molecule has 1 fully saturated rings. The van der Waals surface area contributed by atoms with Crippen molar-refractivity contribution < 1.29 is 9.84 Å². The standard InChI is InChI=1S/C13H20N2O2/c1-17-13-9-5-8-12(15-13)14-10-6-3-2-4-7-11(10)16/h5,8-11,16H,2-4,6-7H2,1H3,(H,14,15). The minimum Gasteiger partial charge on any atom is -0.481 e. The second kappa shape index (κ2) is 5.87. The van der Waals surface area contributed by atoms with Crippen LogP contribution in [-0.4, -0.2) is 29.3 Å². The number of methoxy groups -OCH3 is 1. The Bertz CT molecular complexity index is 357. The molecule has 0 aliphatic heterocycles. The largest absolute Gasteiger partial charge is 0.481 e. The molecule has 0 radical (unpaired) electrons. The number of pyridine rings is 1. The van der Waals surface area contributed by atoms with Crippen LogP contribution in [0.5, 0.6) is 5.88 Å². The van der Waals surface area contributed by atoms with E-state index in [4.69, 9.17) is 4.74 Å². The smallest absolute Gasteiger partial charge is 0.214 e. The Labute approximate surface area is 102 Å². The summed E-state index contributed by atoms with van der Waals surface area (Å²) in [5.41, 5.74) is 0. The van der Waals surface area contributed by atoms with E-state index in [-0.39, 0.29) is 12.1 Å². The lowest BCUT2D eigenvalue weighted by Crippen LogP contribution is -2.32. The predicted molar refractivity (Wildman–Crippen MR) is 67.3 cm³/mol. The summed E-state index contributed by atoms with van der Waals surface area (Å²) in [7, 11) is 1.60. The van der Waals surface area contributed by atoms with Gasteiger partial charge in [-0.15, -0.1) is 0 Å². The molecule has 1 saturated carbocycles. The van der Waals surface area contributed by atoms with E-state index < -0.39 is 0 Å². The van der Waals surface area contributed by atoms with Gasteiger partial charge in [0.2, 0.25) is 5.88 Å². The first-order chi connectivity index (χ1) is 8.29. The van der Waals surface area contributed by atoms with Crippen molar-refractivity contribution in [3.05, 3.63) is 18.2 Å². The van der Waals surface area contributed by atoms with Crippen molar-refractivity contribution in [1.29, 1.82) is 0 Å². The normalized spacial score (nSPS) is 25.1. The molecule has 0 aromatic carbocycles. The average Bonchev–Trinajstić information content (AvgIpc) is 2.55. The summed E-state index contributed by atoms with van der Waals surface area (Å²) in [4.78, 5) is 4.31. The molecule has 1 aliphatic rings. The molecule has 0 saturated heterocycles. The fourth-order valence-electron chi connectivity index (χ4n) is 2.26. The summed E-state index contributed by atoms with van der Waals surface area (Å²) in [5, 5.41) is 13.3. The van der Waals surface area contributed by atoms with Gasteiger partial charge >= 0.3 is 0 Å². The number of nitrogens with one attached hydrogen (secondary N) is 1. The zero-order valence-corrected chi connectivity index (χ0v) is 10.2. The van der Waals surface area contributed by atoms with Gasteiger partial charge in [0, 0.05) is 6.07 Å². The molecule has 94 valence electrons. The molecule has 2 N–H and O–H groups in total. The van der Waals surface area contributed by atoms with Crippen LogP contribution in [0.25, 0.3) is 0 Å². The van der Waals surface area contributed by atoms with Gasteiger partial charge in [-0.1, -0.05) is 25.3 Å². The van der Waals surface area contributed by atoms with Crippen LogP contribution in [0.2, 0.25) is 0 Å². The third kappa shape index (κ3) is 3.33. The molecule has 1 aromatic rings. The summed E-state index contributed by atoms with van der Waals surface area (Å²) >= 11 is 0. The zero-order valence-electron chi connectivity index (χ0n) is 10.2. The topological polar surface area (TPSA) is 54.4 Å². The summed E-state index contributed by atoms with van der Waals surface area (Å²) in [6, 6.07) is 5.73. The minimum absolute atomic E-state index is 0.108. The number of anilines is 1. The highest BCUT2D eigenvalue weighted by molar-refractivity contribution is 5.38. The second-order valence-corrected chi connectivity index (χ2v) is 4.52. The Balaban J connectivity index is 2.02. The molecular weight excluding hydrogens is 216 g/mol. The van der Waals surface area contributed by atoms with E-state index in [9.17, 15) is 5.11 Å². The molecule has 4 nitrogen and oxygen atoms in total. The third-order valence-electron chi connectivity index (χ3n) is 3.25. The van der Waals surface area contributed by atoms with Crippen LogP contribution in [0.1, 0.15) is 32.1 Å². The summed E-state index contributed by atoms with van der Waals surface area (Å²) in [6.07, 6.45) is 5.09. The van der Waals surface area contributed by atoms with Crippen LogP contribution in [0, 0.1) is 0 Å². The molecule has 2 atom stereocenters. The Morgan fingerprint density at radius 3 is 2.94 bits per heavy atom. The van der Waals surface area contributed by atoms with Crippen LogP contribution in [0.15, 0.2) is 18.2 Å². The van der Waals surface area contributed by atoms with Crippen molar-refractivity contribution in [3.63, 3.8) is 0 Å². The van der Waals surface area contributed by atoms with Gasteiger partial charge in [0.1, 0.15) is 5.82 Å². The van der Waals surface area contributed by atoms with Gasteiger partial charge in [0.05, 0.1) is 19.3 Å². The molecule has 17 heavy (non-hydrogen) atoms. The van der Waals surface area contributed by atoms with Gasteiger partial charge in [0.25, 0.3) is 0 Å². The van der Waals surface area contributed by atoms with Crippen molar-refractivity contribution in [2.75, 3.05) is 12.4 Å². The van der Waals surface area contributed by atoms with Crippen molar-refractivity contribution in [2.45, 2.75) is 44.2 Å². The van der Waals surface area contributed by atoms with Crippen molar-refractivity contribution >= 4 is 5.82 Å². The first-order valence-electron chi connectivity index (χ1n) is 6.25. The predicted octanol–water partition coefficient (Wildman–Crippen LogP) is 2.20. The van der Waals surface area contributed by atoms with Crippen LogP contribution >= 0.6 is 0 Å². The Morgan fingerprint density at radius 1 is 1.29 bits per heavy atom. The molecule has 1 aromatic heterocycles. The number of aromatic nitrogens is 1. The van der Waals surface area contributed by atoms with E-state index in [1.807, 2.05) is 18.2 Å². The number of nitrogens with zero attached hydrogens (tertiary/aromatic N) is 1. The minimum atomic E-state index is -0.273. The maximum Gasteiger partial charge on any atom is 0.214 e. The van der Waals surface area contributed by atoms with E-state index in [1.165, 1.54) is 12.8 Å². The number of aliphatic hydroxyl groups excluding tert-OH is 1. The van der Waals surface area contributed by atoms with Gasteiger partial charge in [-0.2, -0.15) is 4.98 Å². The maximum atomic E-state index is 10.0. The zero-order chi connectivity index (χ0) is 12.1. The van der Waals surface area contributed by atoms with Crippen LogP contribution in [0.3, 0.4) is 0 Å². The van der Waals surface area contributed by atoms with Crippen molar-refractivity contribution in [1.82, 2.24) is 4.98 Å². The van der Waals surface area contributed by atoms with E-state index in [2.05, 4.69) is 10.3 Å². The van der Waals surface area contributed by atoms with Crippen LogP contribution in [0.4, 0.5) is 5.82 Å². The number of aliphatic hydroxyl groups is 1. The van der Waals surface area contributed by atoms with Gasteiger partial charge in [0.15, 0.2) is 0 Å². The lowest BCUT2D eigenvalue weighted by molar-refractivity contribution is 0.144. The highest BCUT2D eigenvalue weighted by atomic mass is 16.5. The first kappa shape index (κ1) is 12.2. The van der Waals surface area contributed by atoms with E-state index in [0.717, 1.165) is 25.1 Å². The summed E-state index contributed by atoms with van der Waals surface area (Å²) < 4.78 is 5.08. The Morgan fingerprint density at radius 2 is 2.12 bits per heavy atom. The van der Waals surface area contributed by atoms with Gasteiger partial charge in [-0.05, 0) is 18.9 Å². The lowest BCUT2D eigenvalue weighted by atomic mass is 10.1. The lowest BCUT2D eigenvalue weighted by Gasteiger charge is -2.22. The quantitative estimate of drug-likeness (QED) is 0.790. The monoisotopic (exact) mass is 236 g/mol. The molecule has 4 heteroatoms. The molecule has 0 spiro atoms. The van der Waals surface area contributed by atoms with Gasteiger partial charge in [-0.25, -0.2) is 0 Å². The average molecular weight is 236 g/mol. The van der Waals surface area contributed by atoms with Crippen LogP contribution in [-0.2, 0) is 0 Å². The molecule has 0 bridgehead atoms. The fraction of sp³-hybridized carbons (Fsp3) is 0.615. The molecular formula is C13H20N2O2. The molecule has 2 unspecified atom stereocenters. The van der Waals surface area contributed by atoms with E-state index in [0.29, 0.717) is 5.88 Å². The Hall–Kier alpha value is -1.29. The van der Waals surface area contributed by atoms with Crippen LogP contribution < -0.4 is 10.1 Å². The highest BCUT2D eigenvalue weighted by Gasteiger charge is 2.21. The SMILES string of the molecule is COc1cccc(NC2CCCCCC2O)n1. The fourth-order valence-corrected chi connectivity index (χ4v) is 2.26. The first-order valence-corrected chi connectivity index (χ1v) is 6.25. The van der Waals surface area contributed by atoms with Gasteiger partial charge < -0.3 is 15.2 Å². The molecule has 2 rings (SSSR count). The van der Waals surface area contributed by atoms with E-state index >= 15 is 0 Å². The number of hydrogen-bond acceptors (Lipinski definition) is 4. The number of hydrogen-bond donors (Lipinski definition) is 2. The molecule has 1 heterocycles. The highest BCUT2D eigenvalue weighted by Crippen LogP contribution is 2.21. The number of ether oxygens (including phenoxy) is 1. The summed E-state index contributed by atoms with van der Waals surface area (Å²) in [5.74, 6) is 1.37. The van der Waals surface area contributed by atoms with Crippen molar-refractivity contribution in [2.24, 2.45) is 0 Å². The Kier molecular flexibility index (Phi) is 4.20. The maximum absolute atomic E-state index is 10.0. The number of rotatable bonds is 3. The molecule has 1 aliphatic carbocycles. The van der Waals surface area contributed by atoms with E-state index in [1.54, 1.807) is 7.11 Å². The summed E-state index contributed by atoms with van der Waals surface area (Å²) in [6.45, 7) is 0. The third-order valence-corrected chi connectivity index (χ3v) is 3.25. The second-order valence-electron chi connectivity index (χ2n) is 4.52. The van der Waals surface area contributed by atoms with Gasteiger partial charge in [-0.3, -0.25) is 0 Å². The molecule has 0 amide bonds. The van der Waals surface area contributed by atoms with Crippen molar-refractivity contribution in [3.8, 4) is 5.88 Å².